The average Bonchev–Trinajstić information content (AvgIpc) is 3.56. The summed E-state index contributed by atoms with van der Waals surface area (Å²) in [7, 11) is 1.62. The van der Waals surface area contributed by atoms with Crippen molar-refractivity contribution in [2.45, 2.75) is 45.8 Å². The van der Waals surface area contributed by atoms with Crippen molar-refractivity contribution < 1.29 is 14.3 Å². The Bertz CT molecular complexity index is 1070. The van der Waals surface area contributed by atoms with Crippen LogP contribution in [0.1, 0.15) is 41.5 Å². The van der Waals surface area contributed by atoms with E-state index in [4.69, 9.17) is 14.5 Å². The minimum Gasteiger partial charge on any atom is -0.383 e. The molecule has 8 heteroatoms. The number of methoxy groups -OCH3 is 1. The number of pyridine rings is 1. The van der Waals surface area contributed by atoms with Gasteiger partial charge >= 0.3 is 0 Å². The van der Waals surface area contributed by atoms with Crippen molar-refractivity contribution in [1.29, 1.82) is 0 Å². The third-order valence-electron chi connectivity index (χ3n) is 5.81. The summed E-state index contributed by atoms with van der Waals surface area (Å²) in [6.07, 6.45) is 4.99. The van der Waals surface area contributed by atoms with Crippen molar-refractivity contribution in [3.05, 3.63) is 46.7 Å². The second kappa shape index (κ2) is 10.4. The fraction of sp³-hybridized carbons (Fsp3) is 0.458. The van der Waals surface area contributed by atoms with E-state index >= 15 is 0 Å². The number of amides is 1. The summed E-state index contributed by atoms with van der Waals surface area (Å²) in [6.45, 7) is 6.56. The Morgan fingerprint density at radius 3 is 3.03 bits per heavy atom. The molecule has 1 amide bonds. The molecule has 1 atom stereocenters. The Balaban J connectivity index is 1.67. The molecule has 3 aromatic rings. The molecule has 0 radical (unpaired) electrons. The molecule has 0 saturated carbocycles. The Kier molecular flexibility index (Phi) is 7.34. The van der Waals surface area contributed by atoms with E-state index in [-0.39, 0.29) is 12.0 Å². The molecule has 1 aliphatic rings. The maximum atomic E-state index is 12.8. The number of nitrogens with one attached hydrogen (secondary N) is 1. The summed E-state index contributed by atoms with van der Waals surface area (Å²) in [5, 5.41) is 5.95. The van der Waals surface area contributed by atoms with Gasteiger partial charge in [-0.05, 0) is 44.4 Å². The molecular weight excluding hydrogens is 424 g/mol. The Hall–Kier alpha value is -2.55. The van der Waals surface area contributed by atoms with Crippen LogP contribution >= 0.6 is 11.3 Å². The van der Waals surface area contributed by atoms with Crippen molar-refractivity contribution in [2.75, 3.05) is 26.9 Å². The van der Waals surface area contributed by atoms with Gasteiger partial charge in [-0.2, -0.15) is 0 Å². The monoisotopic (exact) mass is 454 g/mol. The van der Waals surface area contributed by atoms with Crippen molar-refractivity contribution in [2.24, 2.45) is 0 Å². The molecule has 0 aromatic carbocycles. The molecule has 1 saturated heterocycles. The normalized spacial score (nSPS) is 15.9. The highest BCUT2D eigenvalue weighted by Crippen LogP contribution is 2.32. The van der Waals surface area contributed by atoms with Gasteiger partial charge in [0.2, 0.25) is 0 Å². The number of aromatic nitrogens is 3. The Morgan fingerprint density at radius 1 is 1.41 bits per heavy atom. The zero-order valence-corrected chi connectivity index (χ0v) is 19.7. The van der Waals surface area contributed by atoms with E-state index in [1.54, 1.807) is 18.4 Å². The summed E-state index contributed by atoms with van der Waals surface area (Å²) in [5.41, 5.74) is 5.53. The lowest BCUT2D eigenvalue weighted by atomic mass is 10.2. The highest BCUT2D eigenvalue weighted by Gasteiger charge is 2.24. The minimum absolute atomic E-state index is 0.0935. The lowest BCUT2D eigenvalue weighted by Gasteiger charge is -2.15. The van der Waals surface area contributed by atoms with Gasteiger partial charge < -0.3 is 19.4 Å². The average molecular weight is 455 g/mol. The van der Waals surface area contributed by atoms with Crippen LogP contribution in [0.15, 0.2) is 29.8 Å². The number of thiazole rings is 1. The number of hydrogen-bond acceptors (Lipinski definition) is 6. The molecular formula is C24H30N4O3S. The van der Waals surface area contributed by atoms with Crippen molar-refractivity contribution in [3.63, 3.8) is 0 Å². The van der Waals surface area contributed by atoms with E-state index in [1.165, 1.54) is 0 Å². The first kappa shape index (κ1) is 22.6. The standard InChI is InChI=1S/C24H30N4O3S/c1-4-18-12-17(7-8-25-18)24-27-21(15-32-24)22-13-20(23(29)26-9-11-30-3)16(2)28(22)14-19-6-5-10-31-19/h7-8,12-13,15,19H,4-6,9-11,14H2,1-3H3,(H,26,29). The smallest absolute Gasteiger partial charge is 0.253 e. The quantitative estimate of drug-likeness (QED) is 0.493. The van der Waals surface area contributed by atoms with Gasteiger partial charge in [-0.25, -0.2) is 4.98 Å². The predicted molar refractivity (Wildman–Crippen MR) is 126 cm³/mol. The van der Waals surface area contributed by atoms with Gasteiger partial charge in [-0.15, -0.1) is 11.3 Å². The van der Waals surface area contributed by atoms with E-state index in [0.717, 1.165) is 59.2 Å². The van der Waals surface area contributed by atoms with Gasteiger partial charge in [0.1, 0.15) is 5.01 Å². The third kappa shape index (κ3) is 4.92. The maximum Gasteiger partial charge on any atom is 0.253 e. The molecule has 4 heterocycles. The van der Waals surface area contributed by atoms with Gasteiger partial charge in [0.05, 0.1) is 29.7 Å². The van der Waals surface area contributed by atoms with Crippen LogP contribution in [0, 0.1) is 6.92 Å². The maximum absolute atomic E-state index is 12.8. The number of nitrogens with zero attached hydrogens (tertiary/aromatic N) is 3. The zero-order chi connectivity index (χ0) is 22.5. The van der Waals surface area contributed by atoms with Crippen LogP contribution < -0.4 is 5.32 Å². The molecule has 1 N–H and O–H groups in total. The lowest BCUT2D eigenvalue weighted by Crippen LogP contribution is -2.27. The van der Waals surface area contributed by atoms with Crippen LogP contribution in [-0.2, 0) is 22.4 Å². The number of hydrogen-bond donors (Lipinski definition) is 1. The number of carbonyl (C=O) groups excluding carboxylic acids is 1. The fourth-order valence-corrected chi connectivity index (χ4v) is 4.82. The lowest BCUT2D eigenvalue weighted by molar-refractivity contribution is 0.0928. The molecule has 4 rings (SSSR count). The van der Waals surface area contributed by atoms with Crippen molar-refractivity contribution in [3.8, 4) is 22.0 Å². The molecule has 170 valence electrons. The molecule has 7 nitrogen and oxygen atoms in total. The number of ether oxygens (including phenoxy) is 2. The van der Waals surface area contributed by atoms with Crippen LogP contribution in [-0.4, -0.2) is 53.4 Å². The van der Waals surface area contributed by atoms with Gasteiger partial charge in [0.15, 0.2) is 0 Å². The second-order valence-corrected chi connectivity index (χ2v) is 8.81. The van der Waals surface area contributed by atoms with Crippen LogP contribution in [0.4, 0.5) is 0 Å². The van der Waals surface area contributed by atoms with Crippen LogP contribution in [0.2, 0.25) is 0 Å². The zero-order valence-electron chi connectivity index (χ0n) is 18.9. The first-order valence-corrected chi connectivity index (χ1v) is 12.0. The number of carbonyl (C=O) groups is 1. The fourth-order valence-electron chi connectivity index (χ4n) is 4.00. The summed E-state index contributed by atoms with van der Waals surface area (Å²) in [6, 6.07) is 6.04. The Labute approximate surface area is 192 Å². The minimum atomic E-state index is -0.0935. The number of rotatable bonds is 9. The van der Waals surface area contributed by atoms with Crippen LogP contribution in [0.3, 0.4) is 0 Å². The molecule has 0 aliphatic carbocycles. The molecule has 32 heavy (non-hydrogen) atoms. The molecule has 1 fully saturated rings. The SMILES string of the molecule is CCc1cc(-c2nc(-c3cc(C(=O)NCCOC)c(C)n3CC3CCCO3)cs2)ccn1. The van der Waals surface area contributed by atoms with E-state index in [1.807, 2.05) is 25.3 Å². The van der Waals surface area contributed by atoms with E-state index < -0.39 is 0 Å². The highest BCUT2D eigenvalue weighted by atomic mass is 32.1. The predicted octanol–water partition coefficient (Wildman–Crippen LogP) is 4.10. The van der Waals surface area contributed by atoms with E-state index in [2.05, 4.69) is 33.2 Å². The summed E-state index contributed by atoms with van der Waals surface area (Å²) in [5.74, 6) is -0.0935. The number of aryl methyl sites for hydroxylation is 1. The third-order valence-corrected chi connectivity index (χ3v) is 6.70. The van der Waals surface area contributed by atoms with E-state index in [0.29, 0.717) is 25.3 Å². The highest BCUT2D eigenvalue weighted by molar-refractivity contribution is 7.13. The topological polar surface area (TPSA) is 78.3 Å². The van der Waals surface area contributed by atoms with Crippen LogP contribution in [0.5, 0.6) is 0 Å². The van der Waals surface area contributed by atoms with Gasteiger partial charge in [0.25, 0.3) is 5.91 Å². The van der Waals surface area contributed by atoms with Crippen LogP contribution in [0.25, 0.3) is 22.0 Å². The van der Waals surface area contributed by atoms with Gasteiger partial charge in [0, 0.05) is 55.3 Å². The van der Waals surface area contributed by atoms with Gasteiger partial charge in [-0.3, -0.25) is 9.78 Å². The Morgan fingerprint density at radius 2 is 2.28 bits per heavy atom. The molecule has 3 aromatic heterocycles. The molecule has 0 bridgehead atoms. The van der Waals surface area contributed by atoms with Crippen molar-refractivity contribution >= 4 is 17.2 Å². The van der Waals surface area contributed by atoms with Gasteiger partial charge in [-0.1, -0.05) is 6.92 Å². The first-order valence-electron chi connectivity index (χ1n) is 11.1. The summed E-state index contributed by atoms with van der Waals surface area (Å²) < 4.78 is 13.1. The second-order valence-electron chi connectivity index (χ2n) is 7.95. The summed E-state index contributed by atoms with van der Waals surface area (Å²) >= 11 is 1.61. The van der Waals surface area contributed by atoms with Crippen molar-refractivity contribution in [1.82, 2.24) is 19.9 Å². The van der Waals surface area contributed by atoms with E-state index in [9.17, 15) is 4.79 Å². The first-order chi connectivity index (χ1) is 15.6. The molecule has 1 unspecified atom stereocenters. The molecule has 0 spiro atoms. The largest absolute Gasteiger partial charge is 0.383 e. The molecule has 1 aliphatic heterocycles. The summed E-state index contributed by atoms with van der Waals surface area (Å²) in [4.78, 5) is 22.2.